The van der Waals surface area contributed by atoms with Crippen LogP contribution < -0.4 is 5.32 Å². The van der Waals surface area contributed by atoms with E-state index in [4.69, 9.17) is 0 Å². The lowest BCUT2D eigenvalue weighted by molar-refractivity contribution is 0.0697. The third kappa shape index (κ3) is 3.34. The first-order chi connectivity index (χ1) is 11.1. The van der Waals surface area contributed by atoms with Crippen molar-refractivity contribution in [3.63, 3.8) is 0 Å². The molecule has 0 atom stereocenters. The third-order valence-electron chi connectivity index (χ3n) is 3.28. The number of carbonyl (C=O) groups is 1. The van der Waals surface area contributed by atoms with Crippen molar-refractivity contribution < 1.29 is 9.90 Å². The maximum absolute atomic E-state index is 11.3. The number of carboxylic acid groups (broad SMARTS) is 1. The number of carboxylic acids is 1. The molecule has 2 aromatic heterocycles. The molecule has 7 nitrogen and oxygen atoms in total. The van der Waals surface area contributed by atoms with E-state index < -0.39 is 5.97 Å². The zero-order chi connectivity index (χ0) is 16.2. The van der Waals surface area contributed by atoms with Crippen molar-refractivity contribution in [1.82, 2.24) is 19.5 Å². The molecule has 0 radical (unpaired) electrons. The van der Waals surface area contributed by atoms with E-state index in [2.05, 4.69) is 20.3 Å². The number of aromatic nitrogens is 4. The van der Waals surface area contributed by atoms with Gasteiger partial charge in [-0.1, -0.05) is 12.1 Å². The van der Waals surface area contributed by atoms with Gasteiger partial charge in [-0.2, -0.15) is 0 Å². The van der Waals surface area contributed by atoms with Gasteiger partial charge >= 0.3 is 5.97 Å². The highest BCUT2D eigenvalue weighted by molar-refractivity contribution is 5.91. The molecule has 0 unspecified atom stereocenters. The molecule has 0 aliphatic carbocycles. The number of rotatable bonds is 5. The smallest absolute Gasteiger partial charge is 0.337 e. The van der Waals surface area contributed by atoms with Gasteiger partial charge in [0.25, 0.3) is 0 Å². The zero-order valence-corrected chi connectivity index (χ0v) is 12.5. The summed E-state index contributed by atoms with van der Waals surface area (Å²) in [6.07, 6.45) is 5.08. The van der Waals surface area contributed by atoms with E-state index in [1.807, 2.05) is 6.92 Å². The topological polar surface area (TPSA) is 92.9 Å². The van der Waals surface area contributed by atoms with Gasteiger partial charge in [0.1, 0.15) is 11.6 Å². The fraction of sp³-hybridized carbons (Fsp3) is 0.125. The average molecular weight is 309 g/mol. The Balaban J connectivity index is 1.77. The average Bonchev–Trinajstić information content (AvgIpc) is 3.02. The quantitative estimate of drug-likeness (QED) is 0.751. The Morgan fingerprint density at radius 3 is 2.87 bits per heavy atom. The molecule has 116 valence electrons. The number of aromatic carboxylic acids is 1. The number of nitrogens with zero attached hydrogens (tertiary/aromatic N) is 4. The molecule has 0 aliphatic rings. The summed E-state index contributed by atoms with van der Waals surface area (Å²) in [5, 5.41) is 12.4. The van der Waals surface area contributed by atoms with Gasteiger partial charge in [0, 0.05) is 12.4 Å². The van der Waals surface area contributed by atoms with Crippen LogP contribution in [0.1, 0.15) is 21.9 Å². The van der Waals surface area contributed by atoms with E-state index >= 15 is 0 Å². The highest BCUT2D eigenvalue weighted by Crippen LogP contribution is 2.15. The van der Waals surface area contributed by atoms with Crippen LogP contribution in [-0.2, 0) is 6.54 Å². The standard InChI is InChI=1S/C16H15N5O2/c1-11-17-7-6-15(20-11)18-8-12-9-21(10-19-12)14-5-3-2-4-13(14)16(22)23/h2-7,9-10H,8H2,1H3,(H,22,23)(H,17,18,20). The maximum atomic E-state index is 11.3. The Labute approximate surface area is 132 Å². The molecular formula is C16H15N5O2. The summed E-state index contributed by atoms with van der Waals surface area (Å²) in [4.78, 5) is 23.9. The van der Waals surface area contributed by atoms with Crippen molar-refractivity contribution >= 4 is 11.8 Å². The first-order valence-electron chi connectivity index (χ1n) is 7.02. The highest BCUT2D eigenvalue weighted by Gasteiger charge is 2.11. The molecule has 3 aromatic rings. The van der Waals surface area contributed by atoms with Crippen LogP contribution in [0.3, 0.4) is 0 Å². The van der Waals surface area contributed by atoms with E-state index in [9.17, 15) is 9.90 Å². The molecule has 0 saturated heterocycles. The predicted molar refractivity (Wildman–Crippen MR) is 84.6 cm³/mol. The van der Waals surface area contributed by atoms with Crippen LogP contribution in [0.5, 0.6) is 0 Å². The Bertz CT molecular complexity index is 844. The van der Waals surface area contributed by atoms with E-state index in [1.165, 1.54) is 0 Å². The summed E-state index contributed by atoms with van der Waals surface area (Å²) in [7, 11) is 0. The second-order valence-corrected chi connectivity index (χ2v) is 4.94. The summed E-state index contributed by atoms with van der Waals surface area (Å²) in [5.74, 6) is 0.444. The molecule has 1 aromatic carbocycles. The minimum atomic E-state index is -0.967. The molecule has 2 heterocycles. The second kappa shape index (κ2) is 6.27. The summed E-state index contributed by atoms with van der Waals surface area (Å²) in [6, 6.07) is 8.59. The lowest BCUT2D eigenvalue weighted by atomic mass is 10.2. The fourth-order valence-corrected chi connectivity index (χ4v) is 2.20. The normalized spacial score (nSPS) is 10.5. The largest absolute Gasteiger partial charge is 0.478 e. The predicted octanol–water partition coefficient (Wildman–Crippen LogP) is 2.28. The van der Waals surface area contributed by atoms with Gasteiger partial charge in [-0.3, -0.25) is 0 Å². The van der Waals surface area contributed by atoms with E-state index in [0.29, 0.717) is 18.1 Å². The van der Waals surface area contributed by atoms with Crippen LogP contribution in [0.15, 0.2) is 49.1 Å². The summed E-state index contributed by atoms with van der Waals surface area (Å²) >= 11 is 0. The van der Waals surface area contributed by atoms with Crippen molar-refractivity contribution in [2.24, 2.45) is 0 Å². The van der Waals surface area contributed by atoms with Gasteiger partial charge in [-0.05, 0) is 25.1 Å². The van der Waals surface area contributed by atoms with E-state index in [-0.39, 0.29) is 5.56 Å². The minimum Gasteiger partial charge on any atom is -0.478 e. The molecule has 0 aliphatic heterocycles. The van der Waals surface area contributed by atoms with Gasteiger partial charge in [-0.25, -0.2) is 19.7 Å². The van der Waals surface area contributed by atoms with Gasteiger partial charge in [0.2, 0.25) is 0 Å². The fourth-order valence-electron chi connectivity index (χ4n) is 2.20. The van der Waals surface area contributed by atoms with Crippen LogP contribution >= 0.6 is 0 Å². The maximum Gasteiger partial charge on any atom is 0.337 e. The molecule has 3 rings (SSSR count). The van der Waals surface area contributed by atoms with Crippen LogP contribution in [0.4, 0.5) is 5.82 Å². The van der Waals surface area contributed by atoms with Crippen LogP contribution in [0.25, 0.3) is 5.69 Å². The van der Waals surface area contributed by atoms with Crippen LogP contribution in [-0.4, -0.2) is 30.6 Å². The van der Waals surface area contributed by atoms with Gasteiger partial charge in [0.15, 0.2) is 0 Å². The first kappa shape index (κ1) is 14.7. The number of aryl methyl sites for hydroxylation is 1. The number of anilines is 1. The van der Waals surface area contributed by atoms with Crippen molar-refractivity contribution in [3.05, 3.63) is 66.1 Å². The number of nitrogens with one attached hydrogen (secondary N) is 1. The molecule has 2 N–H and O–H groups in total. The van der Waals surface area contributed by atoms with Crippen molar-refractivity contribution in [1.29, 1.82) is 0 Å². The van der Waals surface area contributed by atoms with Crippen LogP contribution in [0.2, 0.25) is 0 Å². The minimum absolute atomic E-state index is 0.232. The number of hydrogen-bond donors (Lipinski definition) is 2. The third-order valence-corrected chi connectivity index (χ3v) is 3.28. The Morgan fingerprint density at radius 2 is 2.09 bits per heavy atom. The van der Waals surface area contributed by atoms with Crippen molar-refractivity contribution in [2.45, 2.75) is 13.5 Å². The lowest BCUT2D eigenvalue weighted by Crippen LogP contribution is -2.04. The molecule has 0 saturated carbocycles. The number of imidazole rings is 1. The molecule has 23 heavy (non-hydrogen) atoms. The first-order valence-corrected chi connectivity index (χ1v) is 7.02. The lowest BCUT2D eigenvalue weighted by Gasteiger charge is -2.06. The second-order valence-electron chi connectivity index (χ2n) is 4.94. The summed E-state index contributed by atoms with van der Waals surface area (Å²) in [5.41, 5.74) is 1.59. The monoisotopic (exact) mass is 309 g/mol. The summed E-state index contributed by atoms with van der Waals surface area (Å²) < 4.78 is 1.70. The molecule has 0 fully saturated rings. The molecule has 0 spiro atoms. The number of para-hydroxylation sites is 1. The van der Waals surface area contributed by atoms with E-state index in [0.717, 1.165) is 11.5 Å². The Hall–Kier alpha value is -3.22. The molecule has 0 bridgehead atoms. The zero-order valence-electron chi connectivity index (χ0n) is 12.5. The SMILES string of the molecule is Cc1nccc(NCc2cn(-c3ccccc3C(=O)O)cn2)n1. The van der Waals surface area contributed by atoms with Crippen molar-refractivity contribution in [2.75, 3.05) is 5.32 Å². The molecular weight excluding hydrogens is 294 g/mol. The Morgan fingerprint density at radius 1 is 1.26 bits per heavy atom. The van der Waals surface area contributed by atoms with Crippen LogP contribution in [0, 0.1) is 6.92 Å². The summed E-state index contributed by atoms with van der Waals surface area (Å²) in [6.45, 7) is 2.31. The van der Waals surface area contributed by atoms with Crippen molar-refractivity contribution in [3.8, 4) is 5.69 Å². The number of hydrogen-bond acceptors (Lipinski definition) is 5. The van der Waals surface area contributed by atoms with Gasteiger partial charge in [0.05, 0.1) is 29.8 Å². The molecule has 7 heteroatoms. The van der Waals surface area contributed by atoms with Gasteiger partial charge in [-0.15, -0.1) is 0 Å². The van der Waals surface area contributed by atoms with E-state index in [1.54, 1.807) is 53.6 Å². The Kier molecular flexibility index (Phi) is 4.01. The number of benzene rings is 1. The molecule has 0 amide bonds. The van der Waals surface area contributed by atoms with Gasteiger partial charge < -0.3 is 15.0 Å². The highest BCUT2D eigenvalue weighted by atomic mass is 16.4.